The maximum Gasteiger partial charge on any atom is 0.126 e. The molecule has 2 rings (SSSR count). The molecule has 0 amide bonds. The molecule has 0 bridgehead atoms. The van der Waals surface area contributed by atoms with Gasteiger partial charge in [-0.2, -0.15) is 5.26 Å². The summed E-state index contributed by atoms with van der Waals surface area (Å²) in [5, 5.41) is 18.9. The van der Waals surface area contributed by atoms with Crippen molar-refractivity contribution in [2.75, 3.05) is 39.5 Å². The average Bonchev–Trinajstić information content (AvgIpc) is 2.54. The molecule has 126 valence electrons. The number of para-hydroxylation sites is 1. The van der Waals surface area contributed by atoms with Crippen LogP contribution < -0.4 is 4.74 Å². The lowest BCUT2D eigenvalue weighted by atomic mass is 10.1. The second-order valence-electron chi connectivity index (χ2n) is 5.33. The molecule has 0 aliphatic carbocycles. The van der Waals surface area contributed by atoms with Crippen LogP contribution >= 0.6 is 12.4 Å². The van der Waals surface area contributed by atoms with Gasteiger partial charge in [0.05, 0.1) is 19.3 Å². The number of rotatable bonds is 6. The first kappa shape index (κ1) is 19.5. The zero-order valence-corrected chi connectivity index (χ0v) is 14.1. The summed E-state index contributed by atoms with van der Waals surface area (Å²) in [7, 11) is 0. The van der Waals surface area contributed by atoms with Crippen LogP contribution in [0.1, 0.15) is 12.5 Å². The molecule has 0 saturated carbocycles. The molecule has 0 spiro atoms. The van der Waals surface area contributed by atoms with Crippen molar-refractivity contribution in [3.63, 3.8) is 0 Å². The second kappa shape index (κ2) is 10.2. The van der Waals surface area contributed by atoms with Crippen molar-refractivity contribution in [2.24, 2.45) is 0 Å². The Morgan fingerprint density at radius 3 is 2.83 bits per heavy atom. The highest BCUT2D eigenvalue weighted by Gasteiger charge is 2.16. The van der Waals surface area contributed by atoms with E-state index in [0.717, 1.165) is 24.2 Å². The van der Waals surface area contributed by atoms with Crippen molar-refractivity contribution in [2.45, 2.75) is 13.0 Å². The van der Waals surface area contributed by atoms with Crippen molar-refractivity contribution in [1.29, 1.82) is 5.26 Å². The van der Waals surface area contributed by atoms with Crippen LogP contribution in [0, 0.1) is 11.3 Å². The highest BCUT2D eigenvalue weighted by molar-refractivity contribution is 5.85. The van der Waals surface area contributed by atoms with Crippen LogP contribution in [0.15, 0.2) is 30.3 Å². The van der Waals surface area contributed by atoms with Gasteiger partial charge in [0.2, 0.25) is 0 Å². The van der Waals surface area contributed by atoms with Gasteiger partial charge in [-0.3, -0.25) is 4.90 Å². The van der Waals surface area contributed by atoms with E-state index in [-0.39, 0.29) is 19.0 Å². The molecule has 1 saturated heterocycles. The number of hydrogen-bond donors (Lipinski definition) is 1. The fourth-order valence-electron chi connectivity index (χ4n) is 2.41. The van der Waals surface area contributed by atoms with E-state index in [1.54, 1.807) is 0 Å². The first-order valence-electron chi connectivity index (χ1n) is 7.47. The molecular weight excluding hydrogens is 316 g/mol. The zero-order chi connectivity index (χ0) is 15.8. The molecule has 1 aliphatic rings. The van der Waals surface area contributed by atoms with Crippen molar-refractivity contribution >= 4 is 18.0 Å². The number of halogens is 1. The molecular formula is C17H23ClN2O3. The van der Waals surface area contributed by atoms with Crippen molar-refractivity contribution < 1.29 is 14.6 Å². The van der Waals surface area contributed by atoms with Gasteiger partial charge in [-0.05, 0) is 18.6 Å². The van der Waals surface area contributed by atoms with Crippen LogP contribution in [0.5, 0.6) is 5.75 Å². The molecule has 1 aromatic rings. The van der Waals surface area contributed by atoms with Crippen LogP contribution in [-0.2, 0) is 4.74 Å². The number of morpholine rings is 1. The first-order chi connectivity index (χ1) is 10.7. The molecule has 1 aliphatic heterocycles. The minimum atomic E-state index is -0.550. The third-order valence-corrected chi connectivity index (χ3v) is 3.60. The summed E-state index contributed by atoms with van der Waals surface area (Å²) in [6.45, 7) is 5.81. The number of aliphatic hydroxyl groups is 1. The SMILES string of the molecule is C/C(=C/C#N)c1ccccc1OCC(O)CN1CCOCC1.Cl. The third-order valence-electron chi connectivity index (χ3n) is 3.60. The standard InChI is InChI=1S/C17H22N2O3.ClH/c1-14(6-7-18)16-4-2-3-5-17(16)22-13-15(20)12-19-8-10-21-11-9-19;/h2-6,15,20H,8-13H2,1H3;1H/b14-6-;. The Labute approximate surface area is 143 Å². The Morgan fingerprint density at radius 1 is 1.43 bits per heavy atom. The summed E-state index contributed by atoms with van der Waals surface area (Å²) in [5.74, 6) is 0.688. The number of nitriles is 1. The summed E-state index contributed by atoms with van der Waals surface area (Å²) < 4.78 is 11.0. The number of ether oxygens (including phenoxy) is 2. The fourth-order valence-corrected chi connectivity index (χ4v) is 2.41. The molecule has 1 heterocycles. The minimum absolute atomic E-state index is 0. The van der Waals surface area contributed by atoms with E-state index in [4.69, 9.17) is 14.7 Å². The molecule has 1 N–H and O–H groups in total. The number of allylic oxidation sites excluding steroid dienone is 2. The van der Waals surface area contributed by atoms with E-state index in [1.807, 2.05) is 37.3 Å². The Morgan fingerprint density at radius 2 is 2.13 bits per heavy atom. The lowest BCUT2D eigenvalue weighted by Gasteiger charge is -2.28. The molecule has 5 nitrogen and oxygen atoms in total. The number of nitrogens with zero attached hydrogens (tertiary/aromatic N) is 2. The molecule has 1 atom stereocenters. The number of benzene rings is 1. The Kier molecular flexibility index (Phi) is 8.67. The van der Waals surface area contributed by atoms with Crippen LogP contribution in [0.25, 0.3) is 5.57 Å². The third kappa shape index (κ3) is 6.20. The van der Waals surface area contributed by atoms with Gasteiger partial charge in [0.15, 0.2) is 0 Å². The van der Waals surface area contributed by atoms with E-state index in [2.05, 4.69) is 4.90 Å². The monoisotopic (exact) mass is 338 g/mol. The zero-order valence-electron chi connectivity index (χ0n) is 13.3. The lowest BCUT2D eigenvalue weighted by molar-refractivity contribution is 0.00463. The molecule has 0 aromatic heterocycles. The van der Waals surface area contributed by atoms with Gasteiger partial charge in [0.25, 0.3) is 0 Å². The summed E-state index contributed by atoms with van der Waals surface area (Å²) in [6, 6.07) is 9.57. The quantitative estimate of drug-likeness (QED) is 0.805. The summed E-state index contributed by atoms with van der Waals surface area (Å²) >= 11 is 0. The molecule has 1 unspecified atom stereocenters. The first-order valence-corrected chi connectivity index (χ1v) is 7.47. The number of aliphatic hydroxyl groups excluding tert-OH is 1. The van der Waals surface area contributed by atoms with E-state index in [9.17, 15) is 5.11 Å². The molecule has 1 fully saturated rings. The lowest BCUT2D eigenvalue weighted by Crippen LogP contribution is -2.42. The predicted molar refractivity (Wildman–Crippen MR) is 91.7 cm³/mol. The van der Waals surface area contributed by atoms with Gasteiger partial charge in [0.1, 0.15) is 18.5 Å². The van der Waals surface area contributed by atoms with Crippen LogP contribution in [0.4, 0.5) is 0 Å². The van der Waals surface area contributed by atoms with Gasteiger partial charge in [-0.15, -0.1) is 12.4 Å². The predicted octanol–water partition coefficient (Wildman–Crippen LogP) is 2.11. The number of hydrogen-bond acceptors (Lipinski definition) is 5. The van der Waals surface area contributed by atoms with Gasteiger partial charge in [-0.25, -0.2) is 0 Å². The Hall–Kier alpha value is -1.58. The van der Waals surface area contributed by atoms with Crippen LogP contribution in [0.3, 0.4) is 0 Å². The van der Waals surface area contributed by atoms with E-state index >= 15 is 0 Å². The topological polar surface area (TPSA) is 65.7 Å². The fraction of sp³-hybridized carbons (Fsp3) is 0.471. The van der Waals surface area contributed by atoms with Crippen LogP contribution in [-0.4, -0.2) is 55.6 Å². The van der Waals surface area contributed by atoms with Crippen molar-refractivity contribution in [3.05, 3.63) is 35.9 Å². The highest BCUT2D eigenvalue weighted by Crippen LogP contribution is 2.25. The van der Waals surface area contributed by atoms with Crippen molar-refractivity contribution in [1.82, 2.24) is 4.90 Å². The second-order valence-corrected chi connectivity index (χ2v) is 5.33. The van der Waals surface area contributed by atoms with Gasteiger partial charge in [-0.1, -0.05) is 18.2 Å². The number of β-amino-alcohol motifs (C(OH)–C–C–N with tert-alkyl or cyclic N) is 1. The molecule has 1 aromatic carbocycles. The largest absolute Gasteiger partial charge is 0.490 e. The Bertz CT molecular complexity index is 551. The summed E-state index contributed by atoms with van der Waals surface area (Å²) in [5.41, 5.74) is 1.73. The van der Waals surface area contributed by atoms with Crippen molar-refractivity contribution in [3.8, 4) is 11.8 Å². The smallest absolute Gasteiger partial charge is 0.126 e. The van der Waals surface area contributed by atoms with Gasteiger partial charge in [0, 0.05) is 31.3 Å². The maximum atomic E-state index is 10.1. The molecule has 23 heavy (non-hydrogen) atoms. The van der Waals surface area contributed by atoms with E-state index in [0.29, 0.717) is 25.5 Å². The minimum Gasteiger partial charge on any atom is -0.490 e. The normalized spacial score (nSPS) is 17.0. The van der Waals surface area contributed by atoms with Gasteiger partial charge < -0.3 is 14.6 Å². The summed E-state index contributed by atoms with van der Waals surface area (Å²) in [4.78, 5) is 2.17. The van der Waals surface area contributed by atoms with Gasteiger partial charge >= 0.3 is 0 Å². The maximum absolute atomic E-state index is 10.1. The van der Waals surface area contributed by atoms with Crippen LogP contribution in [0.2, 0.25) is 0 Å². The van der Waals surface area contributed by atoms with E-state index in [1.165, 1.54) is 6.08 Å². The molecule has 6 heteroatoms. The Balaban J connectivity index is 0.00000264. The molecule has 0 radical (unpaired) electrons. The van der Waals surface area contributed by atoms with E-state index < -0.39 is 6.10 Å². The average molecular weight is 339 g/mol. The highest BCUT2D eigenvalue weighted by atomic mass is 35.5. The summed E-state index contributed by atoms with van der Waals surface area (Å²) in [6.07, 6.45) is 0.943.